The molecule has 1 unspecified atom stereocenters. The minimum atomic E-state index is 0.108. The highest BCUT2D eigenvalue weighted by atomic mass is 14.9. The molecule has 1 N–H and O–H groups in total. The van der Waals surface area contributed by atoms with Gasteiger partial charge in [0.2, 0.25) is 0 Å². The lowest BCUT2D eigenvalue weighted by atomic mass is 9.85. The standard InChI is InChI=1S/C16H28N2/c17-13-16(12-14-8-4-3-5-9-14)18-15-10-6-1-2-7-11-15/h14-16,18H,1-12H2. The Morgan fingerprint density at radius 1 is 0.889 bits per heavy atom. The summed E-state index contributed by atoms with van der Waals surface area (Å²) in [5.74, 6) is 0.807. The molecule has 2 saturated carbocycles. The van der Waals surface area contributed by atoms with Crippen LogP contribution in [0.4, 0.5) is 0 Å². The average molecular weight is 248 g/mol. The number of hydrogen-bond donors (Lipinski definition) is 1. The number of nitriles is 1. The second kappa shape index (κ2) is 7.79. The van der Waals surface area contributed by atoms with Crippen LogP contribution in [0.5, 0.6) is 0 Å². The van der Waals surface area contributed by atoms with Gasteiger partial charge in [-0.3, -0.25) is 5.32 Å². The topological polar surface area (TPSA) is 35.8 Å². The Morgan fingerprint density at radius 2 is 1.44 bits per heavy atom. The van der Waals surface area contributed by atoms with Crippen molar-refractivity contribution >= 4 is 0 Å². The number of nitrogens with one attached hydrogen (secondary N) is 1. The molecular formula is C16H28N2. The Bertz CT molecular complexity index is 255. The maximum atomic E-state index is 9.35. The minimum Gasteiger partial charge on any atom is -0.299 e. The molecule has 0 spiro atoms. The van der Waals surface area contributed by atoms with E-state index in [9.17, 15) is 5.26 Å². The first-order valence-corrected chi connectivity index (χ1v) is 8.04. The fourth-order valence-electron chi connectivity index (χ4n) is 3.64. The zero-order chi connectivity index (χ0) is 12.6. The number of hydrogen-bond acceptors (Lipinski definition) is 2. The van der Waals surface area contributed by atoms with Gasteiger partial charge >= 0.3 is 0 Å². The van der Waals surface area contributed by atoms with Crippen molar-refractivity contribution in [2.45, 2.75) is 89.1 Å². The van der Waals surface area contributed by atoms with Crippen LogP contribution in [0.15, 0.2) is 0 Å². The first-order valence-electron chi connectivity index (χ1n) is 8.04. The van der Waals surface area contributed by atoms with E-state index in [4.69, 9.17) is 0 Å². The molecule has 0 aliphatic heterocycles. The highest BCUT2D eigenvalue weighted by Crippen LogP contribution is 2.27. The Labute approximate surface area is 112 Å². The zero-order valence-corrected chi connectivity index (χ0v) is 11.7. The molecule has 2 fully saturated rings. The highest BCUT2D eigenvalue weighted by Gasteiger charge is 2.21. The Balaban J connectivity index is 1.75. The Hall–Kier alpha value is -0.550. The molecule has 0 saturated heterocycles. The Morgan fingerprint density at radius 3 is 2.06 bits per heavy atom. The third kappa shape index (κ3) is 4.61. The van der Waals surface area contributed by atoms with Crippen LogP contribution in [0.3, 0.4) is 0 Å². The van der Waals surface area contributed by atoms with Gasteiger partial charge in [0, 0.05) is 6.04 Å². The maximum Gasteiger partial charge on any atom is 0.0957 e. The van der Waals surface area contributed by atoms with Crippen LogP contribution >= 0.6 is 0 Å². The van der Waals surface area contributed by atoms with Crippen molar-refractivity contribution in [2.75, 3.05) is 0 Å². The van der Waals surface area contributed by atoms with Gasteiger partial charge in [0.25, 0.3) is 0 Å². The lowest BCUT2D eigenvalue weighted by molar-refractivity contribution is 0.302. The molecule has 2 aliphatic carbocycles. The van der Waals surface area contributed by atoms with Crippen LogP contribution in [0.1, 0.15) is 77.0 Å². The fraction of sp³-hybridized carbons (Fsp3) is 0.938. The van der Waals surface area contributed by atoms with E-state index in [1.807, 2.05) is 0 Å². The monoisotopic (exact) mass is 248 g/mol. The molecule has 1 atom stereocenters. The van der Waals surface area contributed by atoms with Crippen molar-refractivity contribution in [3.8, 4) is 6.07 Å². The molecule has 2 nitrogen and oxygen atoms in total. The number of nitrogens with zero attached hydrogens (tertiary/aromatic N) is 1. The molecule has 0 aromatic carbocycles. The summed E-state index contributed by atoms with van der Waals surface area (Å²) < 4.78 is 0. The summed E-state index contributed by atoms with van der Waals surface area (Å²) in [4.78, 5) is 0. The third-order valence-electron chi connectivity index (χ3n) is 4.74. The van der Waals surface area contributed by atoms with Gasteiger partial charge in [0.15, 0.2) is 0 Å². The van der Waals surface area contributed by atoms with E-state index in [1.54, 1.807) is 0 Å². The van der Waals surface area contributed by atoms with Gasteiger partial charge in [-0.1, -0.05) is 57.8 Å². The van der Waals surface area contributed by atoms with Crippen molar-refractivity contribution < 1.29 is 0 Å². The van der Waals surface area contributed by atoms with Gasteiger partial charge in [-0.15, -0.1) is 0 Å². The van der Waals surface area contributed by atoms with Crippen molar-refractivity contribution in [3.63, 3.8) is 0 Å². The lowest BCUT2D eigenvalue weighted by Gasteiger charge is -2.26. The van der Waals surface area contributed by atoms with Gasteiger partial charge in [0.05, 0.1) is 12.1 Å². The van der Waals surface area contributed by atoms with E-state index < -0.39 is 0 Å². The van der Waals surface area contributed by atoms with Gasteiger partial charge < -0.3 is 0 Å². The molecule has 0 aromatic rings. The van der Waals surface area contributed by atoms with E-state index in [-0.39, 0.29) is 6.04 Å². The molecule has 18 heavy (non-hydrogen) atoms. The van der Waals surface area contributed by atoms with Crippen molar-refractivity contribution in [1.82, 2.24) is 5.32 Å². The lowest BCUT2D eigenvalue weighted by Crippen LogP contribution is -2.38. The third-order valence-corrected chi connectivity index (χ3v) is 4.74. The zero-order valence-electron chi connectivity index (χ0n) is 11.7. The van der Waals surface area contributed by atoms with Crippen molar-refractivity contribution in [1.29, 1.82) is 5.26 Å². The summed E-state index contributed by atoms with van der Waals surface area (Å²) in [7, 11) is 0. The summed E-state index contributed by atoms with van der Waals surface area (Å²) in [6.45, 7) is 0. The van der Waals surface area contributed by atoms with E-state index in [1.165, 1.54) is 70.6 Å². The van der Waals surface area contributed by atoms with Crippen LogP contribution < -0.4 is 5.32 Å². The van der Waals surface area contributed by atoms with Crippen LogP contribution in [0, 0.1) is 17.2 Å². The predicted octanol–water partition coefficient (Wildman–Crippen LogP) is 4.16. The minimum absolute atomic E-state index is 0.108. The van der Waals surface area contributed by atoms with Gasteiger partial charge in [-0.05, 0) is 25.2 Å². The first kappa shape index (κ1) is 13.9. The first-order chi connectivity index (χ1) is 8.88. The average Bonchev–Trinajstić information content (AvgIpc) is 2.68. The summed E-state index contributed by atoms with van der Waals surface area (Å²) >= 11 is 0. The van der Waals surface area contributed by atoms with Crippen LogP contribution in [-0.2, 0) is 0 Å². The van der Waals surface area contributed by atoms with Crippen LogP contribution in [0.25, 0.3) is 0 Å². The molecule has 2 rings (SSSR count). The molecule has 0 radical (unpaired) electrons. The van der Waals surface area contributed by atoms with Gasteiger partial charge in [-0.2, -0.15) is 5.26 Å². The normalized spacial score (nSPS) is 25.3. The molecular weight excluding hydrogens is 220 g/mol. The summed E-state index contributed by atoms with van der Waals surface area (Å²) in [5.41, 5.74) is 0. The Kier molecular flexibility index (Phi) is 6.00. The molecule has 0 bridgehead atoms. The highest BCUT2D eigenvalue weighted by molar-refractivity contribution is 4.94. The summed E-state index contributed by atoms with van der Waals surface area (Å²) in [5, 5.41) is 13.0. The van der Waals surface area contributed by atoms with Gasteiger partial charge in [-0.25, -0.2) is 0 Å². The smallest absolute Gasteiger partial charge is 0.0957 e. The van der Waals surface area contributed by atoms with Crippen molar-refractivity contribution in [2.24, 2.45) is 5.92 Å². The molecule has 2 heteroatoms. The number of rotatable bonds is 4. The van der Waals surface area contributed by atoms with E-state index in [2.05, 4.69) is 11.4 Å². The van der Waals surface area contributed by atoms with Crippen LogP contribution in [-0.4, -0.2) is 12.1 Å². The van der Waals surface area contributed by atoms with E-state index in [0.717, 1.165) is 12.3 Å². The predicted molar refractivity (Wildman–Crippen MR) is 75.2 cm³/mol. The van der Waals surface area contributed by atoms with Gasteiger partial charge in [0.1, 0.15) is 0 Å². The molecule has 2 aliphatic rings. The molecule has 102 valence electrons. The molecule has 0 aromatic heterocycles. The second-order valence-electron chi connectivity index (χ2n) is 6.28. The summed E-state index contributed by atoms with van der Waals surface area (Å²) in [6, 6.07) is 3.23. The largest absolute Gasteiger partial charge is 0.299 e. The quantitative estimate of drug-likeness (QED) is 0.758. The van der Waals surface area contributed by atoms with Crippen LogP contribution in [0.2, 0.25) is 0 Å². The summed E-state index contributed by atoms with van der Waals surface area (Å²) in [6.07, 6.45) is 16.0. The fourth-order valence-corrected chi connectivity index (χ4v) is 3.64. The van der Waals surface area contributed by atoms with E-state index >= 15 is 0 Å². The maximum absolute atomic E-state index is 9.35. The SMILES string of the molecule is N#CC(CC1CCCCC1)NC1CCCCCC1. The second-order valence-corrected chi connectivity index (χ2v) is 6.28. The van der Waals surface area contributed by atoms with Crippen molar-refractivity contribution in [3.05, 3.63) is 0 Å². The molecule has 0 heterocycles. The molecule has 0 amide bonds. The van der Waals surface area contributed by atoms with E-state index in [0.29, 0.717) is 6.04 Å².